The fraction of sp³-hybridized carbons (Fsp3) is 0.471. The molecular formula is C17H23N3O. The summed E-state index contributed by atoms with van der Waals surface area (Å²) in [5, 5.41) is 3.44. The van der Waals surface area contributed by atoms with E-state index in [4.69, 9.17) is 4.42 Å². The highest BCUT2D eigenvalue weighted by atomic mass is 16.3. The molecule has 1 fully saturated rings. The maximum absolute atomic E-state index is 5.65. The molecule has 1 aromatic heterocycles. The molecule has 1 aliphatic heterocycles. The first-order valence-corrected chi connectivity index (χ1v) is 7.52. The average Bonchev–Trinajstić information content (AvgIpc) is 2.90. The van der Waals surface area contributed by atoms with Gasteiger partial charge in [0.25, 0.3) is 0 Å². The van der Waals surface area contributed by atoms with E-state index in [-0.39, 0.29) is 5.54 Å². The second-order valence-corrected chi connectivity index (χ2v) is 6.42. The summed E-state index contributed by atoms with van der Waals surface area (Å²) in [5.41, 5.74) is 3.43. The molecule has 0 amide bonds. The number of hydrogen-bond donors (Lipinski definition) is 1. The first-order valence-electron chi connectivity index (χ1n) is 7.52. The van der Waals surface area contributed by atoms with Gasteiger partial charge >= 0.3 is 0 Å². The summed E-state index contributed by atoms with van der Waals surface area (Å²) in [7, 11) is 0. The Bertz CT molecular complexity index is 601. The summed E-state index contributed by atoms with van der Waals surface area (Å²) in [5.74, 6) is 0.706. The molecule has 4 nitrogen and oxygen atoms in total. The maximum atomic E-state index is 5.65. The minimum absolute atomic E-state index is 0.154. The van der Waals surface area contributed by atoms with Gasteiger partial charge in [-0.05, 0) is 32.9 Å². The summed E-state index contributed by atoms with van der Waals surface area (Å²) in [4.78, 5) is 7.10. The molecule has 1 N–H and O–H groups in total. The van der Waals surface area contributed by atoms with Crippen molar-refractivity contribution in [2.45, 2.75) is 32.9 Å². The zero-order valence-corrected chi connectivity index (χ0v) is 13.0. The van der Waals surface area contributed by atoms with Crippen LogP contribution in [0.25, 0.3) is 11.5 Å². The molecule has 112 valence electrons. The lowest BCUT2D eigenvalue weighted by Crippen LogP contribution is -2.57. The van der Waals surface area contributed by atoms with Crippen molar-refractivity contribution in [1.29, 1.82) is 0 Å². The Kier molecular flexibility index (Phi) is 3.83. The number of rotatable bonds is 3. The molecule has 1 aliphatic rings. The number of aryl methyl sites for hydroxylation is 1. The number of nitrogens with zero attached hydrogens (tertiary/aromatic N) is 2. The Morgan fingerprint density at radius 3 is 2.76 bits per heavy atom. The third kappa shape index (κ3) is 3.17. The van der Waals surface area contributed by atoms with Gasteiger partial charge in [-0.1, -0.05) is 17.7 Å². The molecule has 0 saturated carbocycles. The summed E-state index contributed by atoms with van der Waals surface area (Å²) >= 11 is 0. The lowest BCUT2D eigenvalue weighted by molar-refractivity contribution is 0.0814. The van der Waals surface area contributed by atoms with E-state index in [0.717, 1.165) is 37.4 Å². The van der Waals surface area contributed by atoms with E-state index in [1.165, 1.54) is 5.56 Å². The van der Waals surface area contributed by atoms with Gasteiger partial charge in [0.15, 0.2) is 0 Å². The van der Waals surface area contributed by atoms with Crippen LogP contribution >= 0.6 is 0 Å². The quantitative estimate of drug-likeness (QED) is 0.941. The number of piperazine rings is 1. The molecule has 0 radical (unpaired) electrons. The lowest BCUT2D eigenvalue weighted by atomic mass is 10.00. The van der Waals surface area contributed by atoms with Gasteiger partial charge in [0.1, 0.15) is 6.26 Å². The van der Waals surface area contributed by atoms with E-state index < -0.39 is 0 Å². The van der Waals surface area contributed by atoms with Crippen molar-refractivity contribution in [2.24, 2.45) is 0 Å². The molecular weight excluding hydrogens is 262 g/mol. The zero-order chi connectivity index (χ0) is 14.9. The number of aromatic nitrogens is 1. The second-order valence-electron chi connectivity index (χ2n) is 6.42. The Morgan fingerprint density at radius 1 is 1.29 bits per heavy atom. The predicted molar refractivity (Wildman–Crippen MR) is 84.0 cm³/mol. The van der Waals surface area contributed by atoms with E-state index in [2.05, 4.69) is 60.2 Å². The van der Waals surface area contributed by atoms with Crippen molar-refractivity contribution in [2.75, 3.05) is 19.6 Å². The smallest absolute Gasteiger partial charge is 0.226 e. The normalized spacial score (nSPS) is 18.8. The van der Waals surface area contributed by atoms with Gasteiger partial charge < -0.3 is 9.73 Å². The number of nitrogens with one attached hydrogen (secondary N) is 1. The molecule has 4 heteroatoms. The van der Waals surface area contributed by atoms with Gasteiger partial charge in [-0.25, -0.2) is 4.98 Å². The van der Waals surface area contributed by atoms with E-state index in [0.29, 0.717) is 5.89 Å². The fourth-order valence-corrected chi connectivity index (χ4v) is 2.72. The van der Waals surface area contributed by atoms with Crippen LogP contribution in [0.3, 0.4) is 0 Å². The lowest BCUT2D eigenvalue weighted by Gasteiger charge is -2.42. The van der Waals surface area contributed by atoms with Gasteiger partial charge in [-0.3, -0.25) is 4.90 Å². The highest BCUT2D eigenvalue weighted by molar-refractivity contribution is 5.53. The van der Waals surface area contributed by atoms with Crippen LogP contribution in [0.4, 0.5) is 0 Å². The molecule has 1 aromatic carbocycles. The highest BCUT2D eigenvalue weighted by Crippen LogP contribution is 2.22. The number of benzene rings is 1. The number of oxazole rings is 1. The van der Waals surface area contributed by atoms with Gasteiger partial charge in [0.05, 0.1) is 5.69 Å². The van der Waals surface area contributed by atoms with Gasteiger partial charge in [-0.15, -0.1) is 0 Å². The van der Waals surface area contributed by atoms with Crippen molar-refractivity contribution < 1.29 is 4.42 Å². The first kappa shape index (κ1) is 14.3. The second kappa shape index (κ2) is 5.62. The van der Waals surface area contributed by atoms with Crippen molar-refractivity contribution >= 4 is 0 Å². The molecule has 0 atom stereocenters. The van der Waals surface area contributed by atoms with Gasteiger partial charge in [-0.2, -0.15) is 0 Å². The van der Waals surface area contributed by atoms with Crippen LogP contribution in [0.1, 0.15) is 25.1 Å². The van der Waals surface area contributed by atoms with Crippen LogP contribution in [0.2, 0.25) is 0 Å². The van der Waals surface area contributed by atoms with Crippen LogP contribution < -0.4 is 5.32 Å². The topological polar surface area (TPSA) is 41.3 Å². The Hall–Kier alpha value is -1.65. The monoisotopic (exact) mass is 285 g/mol. The third-order valence-electron chi connectivity index (χ3n) is 4.18. The van der Waals surface area contributed by atoms with Crippen LogP contribution in [0, 0.1) is 6.92 Å². The van der Waals surface area contributed by atoms with Gasteiger partial charge in [0.2, 0.25) is 5.89 Å². The SMILES string of the molecule is Cc1ccc(-c2nc(CN3CCNCC3(C)C)co2)cc1. The van der Waals surface area contributed by atoms with E-state index in [1.54, 1.807) is 6.26 Å². The molecule has 3 rings (SSSR count). The zero-order valence-electron chi connectivity index (χ0n) is 13.0. The van der Waals surface area contributed by atoms with Crippen LogP contribution in [0.5, 0.6) is 0 Å². The third-order valence-corrected chi connectivity index (χ3v) is 4.18. The standard InChI is InChI=1S/C17H23N3O/c1-13-4-6-14(7-5-13)16-19-15(11-21-16)10-20-9-8-18-12-17(20,2)3/h4-7,11,18H,8-10,12H2,1-3H3. The minimum Gasteiger partial charge on any atom is -0.444 e. The summed E-state index contributed by atoms with van der Waals surface area (Å²) in [6.45, 7) is 10.5. The fourth-order valence-electron chi connectivity index (χ4n) is 2.72. The van der Waals surface area contributed by atoms with E-state index >= 15 is 0 Å². The van der Waals surface area contributed by atoms with Gasteiger partial charge in [0, 0.05) is 37.3 Å². The molecule has 21 heavy (non-hydrogen) atoms. The van der Waals surface area contributed by atoms with Crippen molar-refractivity contribution in [3.05, 3.63) is 41.8 Å². The van der Waals surface area contributed by atoms with Crippen molar-refractivity contribution in [3.63, 3.8) is 0 Å². The molecule has 0 spiro atoms. The molecule has 0 bridgehead atoms. The Morgan fingerprint density at radius 2 is 2.05 bits per heavy atom. The van der Waals surface area contributed by atoms with Crippen LogP contribution in [0.15, 0.2) is 34.9 Å². The molecule has 2 aromatic rings. The number of hydrogen-bond acceptors (Lipinski definition) is 4. The average molecular weight is 285 g/mol. The summed E-state index contributed by atoms with van der Waals surface area (Å²) < 4.78 is 5.65. The highest BCUT2D eigenvalue weighted by Gasteiger charge is 2.30. The Balaban J connectivity index is 1.74. The maximum Gasteiger partial charge on any atom is 0.226 e. The largest absolute Gasteiger partial charge is 0.444 e. The van der Waals surface area contributed by atoms with Crippen molar-refractivity contribution in [3.8, 4) is 11.5 Å². The minimum atomic E-state index is 0.154. The molecule has 0 unspecified atom stereocenters. The van der Waals surface area contributed by atoms with Crippen LogP contribution in [-0.2, 0) is 6.54 Å². The van der Waals surface area contributed by atoms with E-state index in [1.807, 2.05) is 0 Å². The predicted octanol–water partition coefficient (Wildman–Crippen LogP) is 2.83. The van der Waals surface area contributed by atoms with E-state index in [9.17, 15) is 0 Å². The molecule has 1 saturated heterocycles. The molecule has 2 heterocycles. The Labute approximate surface area is 126 Å². The summed E-state index contributed by atoms with van der Waals surface area (Å²) in [6, 6.07) is 8.27. The summed E-state index contributed by atoms with van der Waals surface area (Å²) in [6.07, 6.45) is 1.79. The van der Waals surface area contributed by atoms with Crippen molar-refractivity contribution in [1.82, 2.24) is 15.2 Å². The van der Waals surface area contributed by atoms with Crippen LogP contribution in [-0.4, -0.2) is 35.1 Å². The molecule has 0 aliphatic carbocycles. The first-order chi connectivity index (χ1) is 10.0.